The van der Waals surface area contributed by atoms with Gasteiger partial charge in [0.1, 0.15) is 10.9 Å². The van der Waals surface area contributed by atoms with Gasteiger partial charge in [-0.25, -0.2) is 9.79 Å². The third-order valence-electron chi connectivity index (χ3n) is 3.41. The molecule has 0 atom stereocenters. The molecule has 0 amide bonds. The van der Waals surface area contributed by atoms with E-state index in [4.69, 9.17) is 21.1 Å². The number of hydrogen-bond acceptors (Lipinski definition) is 5. The summed E-state index contributed by atoms with van der Waals surface area (Å²) in [4.78, 5) is 16.3. The molecule has 2 aromatic rings. The van der Waals surface area contributed by atoms with Gasteiger partial charge in [0.15, 0.2) is 5.70 Å². The molecule has 0 N–H and O–H groups in total. The number of nitrogens with zero attached hydrogens (tertiary/aromatic N) is 3. The Bertz CT molecular complexity index is 852. The number of benzene rings is 1. The third-order valence-corrected chi connectivity index (χ3v) is 3.86. The van der Waals surface area contributed by atoms with Crippen molar-refractivity contribution in [2.24, 2.45) is 12.0 Å². The lowest BCUT2D eigenvalue weighted by atomic mass is 10.2. The fourth-order valence-corrected chi connectivity index (χ4v) is 2.46. The Kier molecular flexibility index (Phi) is 3.92. The van der Waals surface area contributed by atoms with Crippen molar-refractivity contribution in [3.8, 4) is 5.75 Å². The molecule has 7 heteroatoms. The van der Waals surface area contributed by atoms with Crippen molar-refractivity contribution in [2.75, 3.05) is 7.11 Å². The zero-order chi connectivity index (χ0) is 16.6. The van der Waals surface area contributed by atoms with E-state index in [1.165, 1.54) is 4.68 Å². The van der Waals surface area contributed by atoms with E-state index in [1.807, 2.05) is 6.92 Å². The molecule has 1 aromatic heterocycles. The number of ether oxygens (including phenoxy) is 2. The van der Waals surface area contributed by atoms with Gasteiger partial charge < -0.3 is 9.47 Å². The molecule has 23 heavy (non-hydrogen) atoms. The average molecular weight is 332 g/mol. The zero-order valence-corrected chi connectivity index (χ0v) is 13.6. The zero-order valence-electron chi connectivity index (χ0n) is 12.8. The fourth-order valence-electron chi connectivity index (χ4n) is 2.24. The smallest absolute Gasteiger partial charge is 0.363 e. The predicted molar refractivity (Wildman–Crippen MR) is 86.6 cm³/mol. The summed E-state index contributed by atoms with van der Waals surface area (Å²) >= 11 is 6.17. The molecule has 0 unspecified atom stereocenters. The Hall–Kier alpha value is -2.60. The predicted octanol–water partition coefficient (Wildman–Crippen LogP) is 2.74. The number of rotatable bonds is 3. The van der Waals surface area contributed by atoms with E-state index < -0.39 is 5.97 Å². The third kappa shape index (κ3) is 2.85. The van der Waals surface area contributed by atoms with E-state index in [2.05, 4.69) is 10.1 Å². The molecule has 1 aromatic carbocycles. The second-order valence-corrected chi connectivity index (χ2v) is 5.34. The summed E-state index contributed by atoms with van der Waals surface area (Å²) in [5, 5.41) is 4.64. The molecular weight excluding hydrogens is 318 g/mol. The number of aliphatic imine (C=N–C) groups is 1. The lowest BCUT2D eigenvalue weighted by Crippen LogP contribution is -2.05. The monoisotopic (exact) mass is 331 g/mol. The van der Waals surface area contributed by atoms with Gasteiger partial charge in [-0.1, -0.05) is 17.7 Å². The first kappa shape index (κ1) is 15.3. The molecule has 0 spiro atoms. The Morgan fingerprint density at radius 2 is 2.17 bits per heavy atom. The Morgan fingerprint density at radius 3 is 2.83 bits per heavy atom. The van der Waals surface area contributed by atoms with Crippen LogP contribution in [-0.2, 0) is 16.6 Å². The Balaban J connectivity index is 1.99. The van der Waals surface area contributed by atoms with E-state index in [-0.39, 0.29) is 11.6 Å². The van der Waals surface area contributed by atoms with E-state index in [0.29, 0.717) is 27.7 Å². The summed E-state index contributed by atoms with van der Waals surface area (Å²) < 4.78 is 11.9. The van der Waals surface area contributed by atoms with E-state index in [1.54, 1.807) is 44.5 Å². The largest absolute Gasteiger partial charge is 0.497 e. The topological polar surface area (TPSA) is 65.7 Å². The van der Waals surface area contributed by atoms with Crippen LogP contribution in [0.15, 0.2) is 35.0 Å². The number of carbonyl (C=O) groups is 1. The van der Waals surface area contributed by atoms with Gasteiger partial charge in [-0.15, -0.1) is 0 Å². The molecule has 0 aliphatic carbocycles. The first-order valence-electron chi connectivity index (χ1n) is 6.85. The maximum Gasteiger partial charge on any atom is 0.363 e. The number of cyclic esters (lactones) is 1. The van der Waals surface area contributed by atoms with Crippen molar-refractivity contribution < 1.29 is 14.3 Å². The molecule has 1 aliphatic heterocycles. The lowest BCUT2D eigenvalue weighted by Gasteiger charge is -2.02. The average Bonchev–Trinajstić information content (AvgIpc) is 3.03. The number of hydrogen-bond donors (Lipinski definition) is 0. The minimum atomic E-state index is -0.526. The fraction of sp³-hybridized carbons (Fsp3) is 0.188. The van der Waals surface area contributed by atoms with Gasteiger partial charge in [0.05, 0.1) is 12.8 Å². The van der Waals surface area contributed by atoms with Gasteiger partial charge in [0.25, 0.3) is 0 Å². The summed E-state index contributed by atoms with van der Waals surface area (Å²) in [6.07, 6.45) is 1.58. The van der Waals surface area contributed by atoms with E-state index in [0.717, 1.165) is 0 Å². The van der Waals surface area contributed by atoms with Crippen LogP contribution in [0.3, 0.4) is 0 Å². The summed E-state index contributed by atoms with van der Waals surface area (Å²) in [5.74, 6) is 0.366. The normalized spacial score (nSPS) is 15.7. The summed E-state index contributed by atoms with van der Waals surface area (Å²) in [7, 11) is 3.30. The highest BCUT2D eigenvalue weighted by molar-refractivity contribution is 6.31. The maximum absolute atomic E-state index is 12.0. The number of methoxy groups -OCH3 is 1. The number of carbonyl (C=O) groups excluding carboxylic acids is 1. The van der Waals surface area contributed by atoms with Gasteiger partial charge >= 0.3 is 5.97 Å². The second-order valence-electron chi connectivity index (χ2n) is 4.98. The number of esters is 1. The van der Waals surface area contributed by atoms with Crippen LogP contribution < -0.4 is 4.74 Å². The van der Waals surface area contributed by atoms with Crippen LogP contribution in [0.1, 0.15) is 16.8 Å². The Morgan fingerprint density at radius 1 is 1.39 bits per heavy atom. The van der Waals surface area contributed by atoms with Crippen LogP contribution in [0.25, 0.3) is 6.08 Å². The Labute approximate surface area is 138 Å². The quantitative estimate of drug-likeness (QED) is 0.640. The molecule has 118 valence electrons. The minimum Gasteiger partial charge on any atom is -0.497 e. The van der Waals surface area contributed by atoms with Gasteiger partial charge in [0.2, 0.25) is 5.90 Å². The molecule has 0 fully saturated rings. The summed E-state index contributed by atoms with van der Waals surface area (Å²) in [6, 6.07) is 7.14. The molecule has 6 nitrogen and oxygen atoms in total. The van der Waals surface area contributed by atoms with Crippen LogP contribution in [-0.4, -0.2) is 28.8 Å². The van der Waals surface area contributed by atoms with Gasteiger partial charge in [-0.3, -0.25) is 4.68 Å². The molecular formula is C16H14ClN3O3. The lowest BCUT2D eigenvalue weighted by molar-refractivity contribution is -0.129. The SMILES string of the molecule is COc1cccc(C2=NC(=Cc3c(C)nn(C)c3Cl)C(=O)O2)c1. The standard InChI is InChI=1S/C16H14ClN3O3/c1-9-12(14(17)20(2)19-9)8-13-16(21)23-15(18-13)10-5-4-6-11(7-10)22-3/h4-8H,1-3H3. The number of aromatic nitrogens is 2. The summed E-state index contributed by atoms with van der Waals surface area (Å²) in [6.45, 7) is 1.81. The number of aryl methyl sites for hydroxylation is 2. The van der Waals surface area contributed by atoms with Crippen molar-refractivity contribution in [1.82, 2.24) is 9.78 Å². The number of halogens is 1. The van der Waals surface area contributed by atoms with Gasteiger partial charge in [-0.2, -0.15) is 5.10 Å². The molecule has 0 saturated heterocycles. The highest BCUT2D eigenvalue weighted by Gasteiger charge is 2.25. The highest BCUT2D eigenvalue weighted by atomic mass is 35.5. The van der Waals surface area contributed by atoms with Crippen LogP contribution in [0.2, 0.25) is 5.15 Å². The van der Waals surface area contributed by atoms with E-state index in [9.17, 15) is 4.79 Å². The van der Waals surface area contributed by atoms with Gasteiger partial charge in [-0.05, 0) is 31.2 Å². The molecule has 0 radical (unpaired) electrons. The summed E-state index contributed by atoms with van der Waals surface area (Å²) in [5.41, 5.74) is 2.20. The van der Waals surface area contributed by atoms with Crippen LogP contribution in [0, 0.1) is 6.92 Å². The van der Waals surface area contributed by atoms with Crippen LogP contribution >= 0.6 is 11.6 Å². The van der Waals surface area contributed by atoms with Crippen molar-refractivity contribution in [1.29, 1.82) is 0 Å². The molecule has 3 rings (SSSR count). The molecule has 1 aliphatic rings. The van der Waals surface area contributed by atoms with Crippen LogP contribution in [0.5, 0.6) is 5.75 Å². The maximum atomic E-state index is 12.0. The molecule has 2 heterocycles. The first-order chi connectivity index (χ1) is 11.0. The second kappa shape index (κ2) is 5.89. The minimum absolute atomic E-state index is 0.181. The first-order valence-corrected chi connectivity index (χ1v) is 7.23. The van der Waals surface area contributed by atoms with Crippen molar-refractivity contribution >= 4 is 29.5 Å². The molecule has 0 bridgehead atoms. The van der Waals surface area contributed by atoms with Crippen molar-refractivity contribution in [3.63, 3.8) is 0 Å². The highest BCUT2D eigenvalue weighted by Crippen LogP contribution is 2.25. The van der Waals surface area contributed by atoms with E-state index >= 15 is 0 Å². The van der Waals surface area contributed by atoms with Crippen molar-refractivity contribution in [2.45, 2.75) is 6.92 Å². The van der Waals surface area contributed by atoms with Crippen LogP contribution in [0.4, 0.5) is 0 Å². The van der Waals surface area contributed by atoms with Crippen molar-refractivity contribution in [3.05, 3.63) is 51.9 Å². The molecule has 0 saturated carbocycles. The van der Waals surface area contributed by atoms with Gasteiger partial charge in [0, 0.05) is 18.2 Å².